The summed E-state index contributed by atoms with van der Waals surface area (Å²) in [6.45, 7) is 2.86. The molecule has 5 nitrogen and oxygen atoms in total. The number of aromatic nitrogens is 1. The number of carbonyl (C=O) groups excluding carboxylic acids is 1. The van der Waals surface area contributed by atoms with Crippen LogP contribution in [0.1, 0.15) is 32.6 Å². The van der Waals surface area contributed by atoms with Gasteiger partial charge in [-0.1, -0.05) is 50.5 Å². The second-order valence-corrected chi connectivity index (χ2v) is 6.22. The molecule has 0 unspecified atom stereocenters. The molecule has 0 saturated carbocycles. The van der Waals surface area contributed by atoms with Crippen LogP contribution in [-0.2, 0) is 0 Å². The molecule has 0 saturated heterocycles. The Kier molecular flexibility index (Phi) is 5.33. The number of nitrogens with two attached hydrogens (primary N) is 1. The number of fused-ring (bicyclic) bond motifs is 3. The molecule has 0 fully saturated rings. The van der Waals surface area contributed by atoms with Crippen molar-refractivity contribution >= 4 is 28.3 Å². The lowest BCUT2D eigenvalue weighted by atomic mass is 10.1. The van der Waals surface area contributed by atoms with E-state index in [4.69, 9.17) is 5.73 Å². The smallest absolute Gasteiger partial charge is 0.319 e. The molecule has 0 radical (unpaired) electrons. The Hall–Kier alpha value is -2.82. The average Bonchev–Trinajstić information content (AvgIpc) is 2.82. The van der Waals surface area contributed by atoms with Gasteiger partial charge in [-0.05, 0) is 24.6 Å². The second-order valence-electron chi connectivity index (χ2n) is 6.22. The summed E-state index contributed by atoms with van der Waals surface area (Å²) in [5.41, 5.74) is 10.0. The molecule has 1 aromatic rings. The van der Waals surface area contributed by atoms with E-state index in [1.807, 2.05) is 42.5 Å². The molecule has 0 spiro atoms. The zero-order valence-corrected chi connectivity index (χ0v) is 14.5. The van der Waals surface area contributed by atoms with Gasteiger partial charge in [-0.15, -0.1) is 0 Å². The number of nitrogen functional groups attached to an aromatic ring is 1. The molecule has 1 aliphatic carbocycles. The van der Waals surface area contributed by atoms with Gasteiger partial charge >= 0.3 is 6.03 Å². The molecule has 4 N–H and O–H groups in total. The molecule has 1 aromatic carbocycles. The van der Waals surface area contributed by atoms with Gasteiger partial charge in [-0.3, -0.25) is 0 Å². The predicted molar refractivity (Wildman–Crippen MR) is 104 cm³/mol. The number of benzene rings is 1. The van der Waals surface area contributed by atoms with Crippen LogP contribution in [0.5, 0.6) is 0 Å². The topological polar surface area (TPSA) is 80.0 Å². The van der Waals surface area contributed by atoms with Gasteiger partial charge in [-0.2, -0.15) is 0 Å². The highest BCUT2D eigenvalue weighted by atomic mass is 16.2. The maximum Gasteiger partial charge on any atom is 0.319 e. The molecule has 1 heterocycles. The number of urea groups is 1. The molecule has 5 heteroatoms. The highest BCUT2D eigenvalue weighted by molar-refractivity contribution is 6.03. The van der Waals surface area contributed by atoms with Crippen molar-refractivity contribution in [2.45, 2.75) is 32.6 Å². The van der Waals surface area contributed by atoms with Gasteiger partial charge in [-0.25, -0.2) is 9.78 Å². The monoisotopic (exact) mass is 336 g/mol. The van der Waals surface area contributed by atoms with Gasteiger partial charge in [0.15, 0.2) is 0 Å². The van der Waals surface area contributed by atoms with E-state index in [0.717, 1.165) is 35.0 Å². The fraction of sp³-hybridized carbons (Fsp3) is 0.300. The van der Waals surface area contributed by atoms with E-state index in [9.17, 15) is 4.79 Å². The molecule has 130 valence electrons. The summed E-state index contributed by atoms with van der Waals surface area (Å²) in [7, 11) is 0. The van der Waals surface area contributed by atoms with Crippen molar-refractivity contribution in [3.8, 4) is 11.3 Å². The third kappa shape index (κ3) is 3.99. The van der Waals surface area contributed by atoms with E-state index in [2.05, 4.69) is 22.5 Å². The number of nitrogens with zero attached hydrogens (tertiary/aromatic N) is 1. The highest BCUT2D eigenvalue weighted by Crippen LogP contribution is 2.34. The summed E-state index contributed by atoms with van der Waals surface area (Å²) in [6.07, 6.45) is 4.54. The Morgan fingerprint density at radius 3 is 2.80 bits per heavy atom. The summed E-state index contributed by atoms with van der Waals surface area (Å²) in [6, 6.07) is 13.3. The number of unbranched alkanes of at least 4 members (excludes halogenated alkanes) is 3. The van der Waals surface area contributed by atoms with Gasteiger partial charge in [0.1, 0.15) is 0 Å². The largest absolute Gasteiger partial charge is 0.397 e. The molecular formula is C20H24N4O. The van der Waals surface area contributed by atoms with Crippen LogP contribution in [0.3, 0.4) is 0 Å². The number of nitrogens with one attached hydrogen (secondary N) is 2. The van der Waals surface area contributed by atoms with Crippen molar-refractivity contribution in [1.29, 1.82) is 0 Å². The molecule has 2 aliphatic rings. The summed E-state index contributed by atoms with van der Waals surface area (Å²) < 4.78 is 0. The standard InChI is InChI=1S/C20H24N4O/c1-2-3-4-5-12-22-20(25)23-14-8-6-9-15-16-10-7-11-17(21)19(16)24-18(15)13-14/h6-11,13H,2-5,12,21H2,1H3,(H2,22,23,25). The van der Waals surface area contributed by atoms with E-state index >= 15 is 0 Å². The van der Waals surface area contributed by atoms with Crippen molar-refractivity contribution < 1.29 is 4.79 Å². The molecule has 1 aliphatic heterocycles. The summed E-state index contributed by atoms with van der Waals surface area (Å²) in [5.74, 6) is 0. The first-order chi connectivity index (χ1) is 12.2. The summed E-state index contributed by atoms with van der Waals surface area (Å²) >= 11 is 0. The third-order valence-corrected chi connectivity index (χ3v) is 4.27. The maximum atomic E-state index is 12.0. The van der Waals surface area contributed by atoms with E-state index in [1.54, 1.807) is 0 Å². The highest BCUT2D eigenvalue weighted by Gasteiger charge is 2.13. The van der Waals surface area contributed by atoms with Gasteiger partial charge in [0, 0.05) is 23.2 Å². The Morgan fingerprint density at radius 2 is 1.96 bits per heavy atom. The van der Waals surface area contributed by atoms with Gasteiger partial charge in [0.05, 0.1) is 16.9 Å². The minimum Gasteiger partial charge on any atom is -0.397 e. The first-order valence-electron chi connectivity index (χ1n) is 8.82. The Labute approximate surface area is 148 Å². The van der Waals surface area contributed by atoms with Crippen molar-refractivity contribution in [2.75, 3.05) is 17.6 Å². The summed E-state index contributed by atoms with van der Waals surface area (Å²) in [5, 5.41) is 6.80. The Bertz CT molecular complexity index is 846. The average molecular weight is 336 g/mol. The van der Waals surface area contributed by atoms with Crippen LogP contribution in [0, 0.1) is 0 Å². The zero-order chi connectivity index (χ0) is 17.6. The van der Waals surface area contributed by atoms with Gasteiger partial charge in [0.2, 0.25) is 0 Å². The number of rotatable bonds is 6. The Balaban J connectivity index is 1.72. The maximum absolute atomic E-state index is 12.0. The first kappa shape index (κ1) is 17.0. The van der Waals surface area contributed by atoms with Crippen LogP contribution in [-0.4, -0.2) is 17.6 Å². The number of hydrogen-bond donors (Lipinski definition) is 3. The fourth-order valence-corrected chi connectivity index (χ4v) is 2.96. The quantitative estimate of drug-likeness (QED) is 0.454. The lowest BCUT2D eigenvalue weighted by Crippen LogP contribution is -2.29. The van der Waals surface area contributed by atoms with Crippen LogP contribution < -0.4 is 16.4 Å². The molecule has 0 aromatic heterocycles. The van der Waals surface area contributed by atoms with Crippen LogP contribution in [0.2, 0.25) is 0 Å². The second kappa shape index (κ2) is 7.83. The number of para-hydroxylation sites is 1. The minimum absolute atomic E-state index is 0.188. The molecule has 0 bridgehead atoms. The van der Waals surface area contributed by atoms with Crippen molar-refractivity contribution in [3.05, 3.63) is 42.5 Å². The molecule has 2 amide bonds. The van der Waals surface area contributed by atoms with Gasteiger partial charge < -0.3 is 16.4 Å². The third-order valence-electron chi connectivity index (χ3n) is 4.27. The summed E-state index contributed by atoms with van der Waals surface area (Å²) in [4.78, 5) is 16.7. The SMILES string of the molecule is CCCCCCNC(=O)Nc1cccc2c3cccc(N)c3nc-2c1. The van der Waals surface area contributed by atoms with Crippen LogP contribution in [0.15, 0.2) is 42.5 Å². The zero-order valence-electron chi connectivity index (χ0n) is 14.5. The van der Waals surface area contributed by atoms with E-state index in [0.29, 0.717) is 17.9 Å². The number of hydrogen-bond acceptors (Lipinski definition) is 3. The van der Waals surface area contributed by atoms with Crippen LogP contribution in [0.25, 0.3) is 22.2 Å². The minimum atomic E-state index is -0.188. The first-order valence-corrected chi connectivity index (χ1v) is 8.82. The van der Waals surface area contributed by atoms with Crippen molar-refractivity contribution in [2.24, 2.45) is 0 Å². The lowest BCUT2D eigenvalue weighted by molar-refractivity contribution is 0.252. The van der Waals surface area contributed by atoms with E-state index in [-0.39, 0.29) is 6.03 Å². The lowest BCUT2D eigenvalue weighted by Gasteiger charge is -2.06. The molecule has 25 heavy (non-hydrogen) atoms. The predicted octanol–water partition coefficient (Wildman–Crippen LogP) is 4.62. The molecular weight excluding hydrogens is 312 g/mol. The van der Waals surface area contributed by atoms with Gasteiger partial charge in [0.25, 0.3) is 0 Å². The molecule has 0 atom stereocenters. The molecule has 3 rings (SSSR count). The van der Waals surface area contributed by atoms with Crippen molar-refractivity contribution in [3.63, 3.8) is 0 Å². The number of amides is 2. The Morgan fingerprint density at radius 1 is 1.12 bits per heavy atom. The van der Waals surface area contributed by atoms with Crippen molar-refractivity contribution in [1.82, 2.24) is 10.3 Å². The normalized spacial score (nSPS) is 10.9. The number of anilines is 2. The van der Waals surface area contributed by atoms with Crippen LogP contribution >= 0.6 is 0 Å². The van der Waals surface area contributed by atoms with E-state index in [1.165, 1.54) is 12.8 Å². The van der Waals surface area contributed by atoms with Crippen LogP contribution in [0.4, 0.5) is 16.2 Å². The number of carbonyl (C=O) groups is 1. The van der Waals surface area contributed by atoms with E-state index < -0.39 is 0 Å². The fourth-order valence-electron chi connectivity index (χ4n) is 2.96.